The number of benzene rings is 3. The molecule has 2 atom stereocenters. The Labute approximate surface area is 170 Å². The standard InChI is InChI=1S/C24H24ClNO2/c25-19-11-9-17(10-12-19)20-6-2-1-5-18(20)15-23(27)21-7-3-4-8-22(21)24-16-26-13-14-28-24/h1-12,23-24,26-27H,13-16H2. The molecule has 28 heavy (non-hydrogen) atoms. The number of aliphatic hydroxyl groups is 1. The Morgan fingerprint density at radius 1 is 1.00 bits per heavy atom. The zero-order valence-corrected chi connectivity index (χ0v) is 16.4. The maximum Gasteiger partial charge on any atom is 0.0953 e. The van der Waals surface area contributed by atoms with Crippen LogP contribution in [0.3, 0.4) is 0 Å². The van der Waals surface area contributed by atoms with E-state index in [-0.39, 0.29) is 6.10 Å². The second kappa shape index (κ2) is 8.89. The Morgan fingerprint density at radius 3 is 2.54 bits per heavy atom. The number of hydrogen-bond donors (Lipinski definition) is 2. The molecule has 3 aromatic carbocycles. The third-order valence-corrected chi connectivity index (χ3v) is 5.47. The zero-order chi connectivity index (χ0) is 19.3. The van der Waals surface area contributed by atoms with Gasteiger partial charge in [0.1, 0.15) is 0 Å². The van der Waals surface area contributed by atoms with E-state index in [1.54, 1.807) is 0 Å². The van der Waals surface area contributed by atoms with E-state index >= 15 is 0 Å². The second-order valence-electron chi connectivity index (χ2n) is 7.08. The number of halogens is 1. The van der Waals surface area contributed by atoms with Crippen molar-refractivity contribution in [3.63, 3.8) is 0 Å². The molecule has 0 radical (unpaired) electrons. The van der Waals surface area contributed by atoms with E-state index in [1.165, 1.54) is 0 Å². The molecule has 0 aromatic heterocycles. The fraction of sp³-hybridized carbons (Fsp3) is 0.250. The van der Waals surface area contributed by atoms with Crippen LogP contribution in [0.25, 0.3) is 11.1 Å². The maximum atomic E-state index is 11.1. The largest absolute Gasteiger partial charge is 0.388 e. The number of ether oxygens (including phenoxy) is 1. The van der Waals surface area contributed by atoms with Crippen molar-refractivity contribution in [2.24, 2.45) is 0 Å². The van der Waals surface area contributed by atoms with Gasteiger partial charge in [-0.05, 0) is 39.9 Å². The van der Waals surface area contributed by atoms with Crippen molar-refractivity contribution >= 4 is 11.6 Å². The van der Waals surface area contributed by atoms with E-state index in [2.05, 4.69) is 23.5 Å². The Bertz CT molecular complexity index is 920. The molecule has 2 unspecified atom stereocenters. The van der Waals surface area contributed by atoms with E-state index < -0.39 is 6.10 Å². The van der Waals surface area contributed by atoms with Crippen molar-refractivity contribution < 1.29 is 9.84 Å². The normalized spacial score (nSPS) is 18.0. The van der Waals surface area contributed by atoms with Crippen LogP contribution in [0.4, 0.5) is 0 Å². The van der Waals surface area contributed by atoms with E-state index in [9.17, 15) is 5.11 Å². The summed E-state index contributed by atoms with van der Waals surface area (Å²) < 4.78 is 5.92. The predicted molar refractivity (Wildman–Crippen MR) is 114 cm³/mol. The van der Waals surface area contributed by atoms with Gasteiger partial charge in [0.15, 0.2) is 0 Å². The molecule has 144 valence electrons. The average Bonchev–Trinajstić information content (AvgIpc) is 2.75. The van der Waals surface area contributed by atoms with Crippen LogP contribution in [-0.2, 0) is 11.2 Å². The summed E-state index contributed by atoms with van der Waals surface area (Å²) in [7, 11) is 0. The average molecular weight is 394 g/mol. The molecule has 1 heterocycles. The van der Waals surface area contributed by atoms with Crippen LogP contribution in [0.1, 0.15) is 28.9 Å². The Balaban J connectivity index is 1.61. The van der Waals surface area contributed by atoms with Crippen LogP contribution in [0, 0.1) is 0 Å². The highest BCUT2D eigenvalue weighted by Crippen LogP contribution is 2.32. The van der Waals surface area contributed by atoms with Crippen molar-refractivity contribution in [2.75, 3.05) is 19.7 Å². The molecule has 1 fully saturated rings. The van der Waals surface area contributed by atoms with Gasteiger partial charge in [-0.1, -0.05) is 72.3 Å². The van der Waals surface area contributed by atoms with Gasteiger partial charge in [-0.2, -0.15) is 0 Å². The lowest BCUT2D eigenvalue weighted by Crippen LogP contribution is -2.34. The summed E-state index contributed by atoms with van der Waals surface area (Å²) in [5.41, 5.74) is 5.31. The summed E-state index contributed by atoms with van der Waals surface area (Å²) in [5.74, 6) is 0. The minimum Gasteiger partial charge on any atom is -0.388 e. The molecule has 4 rings (SSSR count). The quantitative estimate of drug-likeness (QED) is 0.644. The molecule has 1 aliphatic rings. The molecule has 4 heteroatoms. The second-order valence-corrected chi connectivity index (χ2v) is 7.51. The molecule has 2 N–H and O–H groups in total. The van der Waals surface area contributed by atoms with E-state index in [1.807, 2.05) is 54.6 Å². The van der Waals surface area contributed by atoms with Gasteiger partial charge in [-0.25, -0.2) is 0 Å². The van der Waals surface area contributed by atoms with Crippen LogP contribution in [0.5, 0.6) is 0 Å². The molecule has 1 saturated heterocycles. The summed E-state index contributed by atoms with van der Waals surface area (Å²) in [6, 6.07) is 24.1. The van der Waals surface area contributed by atoms with Crippen LogP contribution in [0.15, 0.2) is 72.8 Å². The SMILES string of the molecule is OC(Cc1ccccc1-c1ccc(Cl)cc1)c1ccccc1C1CNCCO1. The number of hydrogen-bond acceptors (Lipinski definition) is 3. The molecule has 0 saturated carbocycles. The van der Waals surface area contributed by atoms with E-state index in [0.717, 1.165) is 45.9 Å². The van der Waals surface area contributed by atoms with Gasteiger partial charge in [-0.3, -0.25) is 0 Å². The first-order valence-electron chi connectivity index (χ1n) is 9.65. The van der Waals surface area contributed by atoms with Crippen LogP contribution < -0.4 is 5.32 Å². The fourth-order valence-electron chi connectivity index (χ4n) is 3.80. The van der Waals surface area contributed by atoms with Gasteiger partial charge < -0.3 is 15.2 Å². The number of nitrogens with one attached hydrogen (secondary N) is 1. The molecule has 0 bridgehead atoms. The van der Waals surface area contributed by atoms with E-state index in [4.69, 9.17) is 16.3 Å². The summed E-state index contributed by atoms with van der Waals surface area (Å²) in [4.78, 5) is 0. The van der Waals surface area contributed by atoms with Gasteiger partial charge in [0.2, 0.25) is 0 Å². The molecule has 1 aliphatic heterocycles. The summed E-state index contributed by atoms with van der Waals surface area (Å²) in [6.07, 6.45) is -0.0861. The molecule has 0 aliphatic carbocycles. The number of aliphatic hydroxyl groups excluding tert-OH is 1. The molecular weight excluding hydrogens is 370 g/mol. The van der Waals surface area contributed by atoms with Gasteiger partial charge in [0, 0.05) is 24.5 Å². The van der Waals surface area contributed by atoms with Gasteiger partial charge in [-0.15, -0.1) is 0 Å². The lowest BCUT2D eigenvalue weighted by molar-refractivity contribution is 0.0254. The minimum absolute atomic E-state index is 0.0221. The molecular formula is C24H24ClNO2. The highest BCUT2D eigenvalue weighted by atomic mass is 35.5. The smallest absolute Gasteiger partial charge is 0.0953 e. The summed E-state index contributed by atoms with van der Waals surface area (Å²) >= 11 is 6.04. The number of morpholine rings is 1. The molecule has 3 nitrogen and oxygen atoms in total. The van der Waals surface area contributed by atoms with Gasteiger partial charge in [0.25, 0.3) is 0 Å². The molecule has 0 spiro atoms. The fourth-order valence-corrected chi connectivity index (χ4v) is 3.93. The first-order chi connectivity index (χ1) is 13.7. The van der Waals surface area contributed by atoms with Crippen molar-refractivity contribution in [2.45, 2.75) is 18.6 Å². The number of rotatable bonds is 5. The third kappa shape index (κ3) is 4.29. The lowest BCUT2D eigenvalue weighted by Gasteiger charge is -2.27. The van der Waals surface area contributed by atoms with Crippen molar-refractivity contribution in [3.05, 3.63) is 94.5 Å². The predicted octanol–water partition coefficient (Wildman–Crippen LogP) is 4.94. The highest BCUT2D eigenvalue weighted by Gasteiger charge is 2.22. The van der Waals surface area contributed by atoms with Gasteiger partial charge in [0.05, 0.1) is 18.8 Å². The van der Waals surface area contributed by atoms with Gasteiger partial charge >= 0.3 is 0 Å². The Hall–Kier alpha value is -2.17. The summed E-state index contributed by atoms with van der Waals surface area (Å²) in [6.45, 7) is 2.33. The van der Waals surface area contributed by atoms with Crippen LogP contribution in [-0.4, -0.2) is 24.8 Å². The van der Waals surface area contributed by atoms with Crippen LogP contribution in [0.2, 0.25) is 5.02 Å². The zero-order valence-electron chi connectivity index (χ0n) is 15.6. The van der Waals surface area contributed by atoms with Crippen molar-refractivity contribution in [3.8, 4) is 11.1 Å². The molecule has 3 aromatic rings. The lowest BCUT2D eigenvalue weighted by atomic mass is 9.90. The highest BCUT2D eigenvalue weighted by molar-refractivity contribution is 6.30. The first kappa shape index (κ1) is 19.2. The van der Waals surface area contributed by atoms with E-state index in [0.29, 0.717) is 13.0 Å². The maximum absolute atomic E-state index is 11.1. The molecule has 0 amide bonds. The Kier molecular flexibility index (Phi) is 6.08. The minimum atomic E-state index is -0.602. The Morgan fingerprint density at radius 2 is 1.75 bits per heavy atom. The topological polar surface area (TPSA) is 41.5 Å². The summed E-state index contributed by atoms with van der Waals surface area (Å²) in [5, 5.41) is 15.2. The van der Waals surface area contributed by atoms with Crippen molar-refractivity contribution in [1.29, 1.82) is 0 Å². The monoisotopic (exact) mass is 393 g/mol. The van der Waals surface area contributed by atoms with Crippen LogP contribution >= 0.6 is 11.6 Å². The van der Waals surface area contributed by atoms with Crippen molar-refractivity contribution in [1.82, 2.24) is 5.32 Å². The first-order valence-corrected chi connectivity index (χ1v) is 10.0. The third-order valence-electron chi connectivity index (χ3n) is 5.22.